The number of nitrogens with zero attached hydrogens (tertiary/aromatic N) is 1. The molecule has 114 valence electrons. The molecule has 3 N–H and O–H groups in total. The molecule has 22 heavy (non-hydrogen) atoms. The van der Waals surface area contributed by atoms with Gasteiger partial charge in [-0.2, -0.15) is 0 Å². The smallest absolute Gasteiger partial charge is 0.405 e. The quantitative estimate of drug-likeness (QED) is 0.775. The van der Waals surface area contributed by atoms with Gasteiger partial charge in [0, 0.05) is 28.1 Å². The molecule has 1 heterocycles. The molecule has 0 aliphatic heterocycles. The summed E-state index contributed by atoms with van der Waals surface area (Å²) < 4.78 is 0.663. The number of carbonyl (C=O) groups is 2. The van der Waals surface area contributed by atoms with Crippen LogP contribution >= 0.6 is 15.9 Å². The number of benzene rings is 1. The van der Waals surface area contributed by atoms with E-state index in [2.05, 4.69) is 31.5 Å². The maximum absolute atomic E-state index is 12.2. The molecule has 1 unspecified atom stereocenters. The Morgan fingerprint density at radius 2 is 1.91 bits per heavy atom. The highest BCUT2D eigenvalue weighted by Crippen LogP contribution is 2.25. The van der Waals surface area contributed by atoms with E-state index in [-0.39, 0.29) is 11.9 Å². The minimum absolute atomic E-state index is 0.253. The van der Waals surface area contributed by atoms with Crippen molar-refractivity contribution in [2.75, 3.05) is 5.32 Å². The van der Waals surface area contributed by atoms with Crippen molar-refractivity contribution >= 4 is 33.6 Å². The van der Waals surface area contributed by atoms with Crippen molar-refractivity contribution in [1.82, 2.24) is 10.3 Å². The van der Waals surface area contributed by atoms with Crippen molar-refractivity contribution < 1.29 is 14.7 Å². The fourth-order valence-corrected chi connectivity index (χ4v) is 2.64. The largest absolute Gasteiger partial charge is 0.465 e. The number of aromatic nitrogens is 1. The predicted molar refractivity (Wildman–Crippen MR) is 85.9 cm³/mol. The molecule has 0 spiro atoms. The molecule has 0 aliphatic rings. The molecule has 0 bridgehead atoms. The van der Waals surface area contributed by atoms with Crippen LogP contribution in [0.3, 0.4) is 0 Å². The summed E-state index contributed by atoms with van der Waals surface area (Å²) in [4.78, 5) is 26.7. The zero-order valence-corrected chi connectivity index (χ0v) is 13.3. The summed E-state index contributed by atoms with van der Waals surface area (Å²) in [7, 11) is 0. The monoisotopic (exact) mass is 363 g/mol. The Kier molecular flexibility index (Phi) is 5.11. The van der Waals surface area contributed by atoms with E-state index in [0.29, 0.717) is 15.7 Å². The van der Waals surface area contributed by atoms with E-state index >= 15 is 0 Å². The summed E-state index contributed by atoms with van der Waals surface area (Å²) in [5.74, 6) is -0.253. The van der Waals surface area contributed by atoms with Crippen molar-refractivity contribution in [3.63, 3.8) is 0 Å². The van der Waals surface area contributed by atoms with Gasteiger partial charge in [-0.15, -0.1) is 0 Å². The van der Waals surface area contributed by atoms with Crippen molar-refractivity contribution in [2.45, 2.75) is 13.0 Å². The van der Waals surface area contributed by atoms with E-state index in [0.717, 1.165) is 5.56 Å². The van der Waals surface area contributed by atoms with Gasteiger partial charge in [-0.3, -0.25) is 9.78 Å². The standard InChI is InChI=1S/C15H14BrN3O3/c1-9(18-15(21)22)12-3-2-10(8-13(12)16)14(20)19-11-4-6-17-7-5-11/h2-9,18H,1H3,(H,21,22)(H,17,19,20). The lowest BCUT2D eigenvalue weighted by atomic mass is 10.1. The lowest BCUT2D eigenvalue weighted by Gasteiger charge is -2.14. The maximum atomic E-state index is 12.2. The molecule has 0 saturated heterocycles. The highest BCUT2D eigenvalue weighted by Gasteiger charge is 2.14. The van der Waals surface area contributed by atoms with Crippen molar-refractivity contribution in [3.05, 3.63) is 58.3 Å². The first kappa shape index (κ1) is 16.0. The van der Waals surface area contributed by atoms with Gasteiger partial charge < -0.3 is 15.7 Å². The summed E-state index contributed by atoms with van der Waals surface area (Å²) in [6.07, 6.45) is 2.08. The summed E-state index contributed by atoms with van der Waals surface area (Å²) in [5, 5.41) is 13.9. The van der Waals surface area contributed by atoms with Crippen molar-refractivity contribution in [1.29, 1.82) is 0 Å². The first-order valence-electron chi connectivity index (χ1n) is 6.47. The molecule has 0 fully saturated rings. The van der Waals surface area contributed by atoms with Gasteiger partial charge in [-0.25, -0.2) is 4.79 Å². The van der Waals surface area contributed by atoms with Gasteiger partial charge in [0.2, 0.25) is 0 Å². The van der Waals surface area contributed by atoms with E-state index in [9.17, 15) is 9.59 Å². The van der Waals surface area contributed by atoms with Crippen LogP contribution in [-0.2, 0) is 0 Å². The van der Waals surface area contributed by atoms with Gasteiger partial charge in [0.05, 0.1) is 6.04 Å². The first-order valence-corrected chi connectivity index (χ1v) is 7.27. The third-order valence-corrected chi connectivity index (χ3v) is 3.69. The zero-order valence-electron chi connectivity index (χ0n) is 11.7. The summed E-state index contributed by atoms with van der Waals surface area (Å²) in [5.41, 5.74) is 1.87. The Labute approximate surface area is 135 Å². The van der Waals surface area contributed by atoms with Gasteiger partial charge in [0.1, 0.15) is 0 Å². The van der Waals surface area contributed by atoms with Crippen LogP contribution in [0.1, 0.15) is 28.9 Å². The van der Waals surface area contributed by atoms with Crippen molar-refractivity contribution in [3.8, 4) is 0 Å². The number of nitrogens with one attached hydrogen (secondary N) is 2. The van der Waals surface area contributed by atoms with Crippen LogP contribution in [0.15, 0.2) is 47.2 Å². The molecule has 0 radical (unpaired) electrons. The second kappa shape index (κ2) is 7.04. The summed E-state index contributed by atoms with van der Waals surface area (Å²) in [6, 6.07) is 8.03. The number of carbonyl (C=O) groups excluding carboxylic acids is 1. The Balaban J connectivity index is 2.15. The zero-order chi connectivity index (χ0) is 16.1. The number of hydrogen-bond donors (Lipinski definition) is 3. The molecule has 1 aromatic heterocycles. The maximum Gasteiger partial charge on any atom is 0.405 e. The minimum Gasteiger partial charge on any atom is -0.465 e. The third-order valence-electron chi connectivity index (χ3n) is 3.01. The summed E-state index contributed by atoms with van der Waals surface area (Å²) >= 11 is 3.37. The van der Waals surface area contributed by atoms with E-state index in [1.807, 2.05) is 0 Å². The number of rotatable bonds is 4. The lowest BCUT2D eigenvalue weighted by Crippen LogP contribution is -2.24. The van der Waals surface area contributed by atoms with Crippen LogP contribution in [0.2, 0.25) is 0 Å². The lowest BCUT2D eigenvalue weighted by molar-refractivity contribution is 0.102. The number of amides is 2. The molecule has 2 aromatic rings. The Morgan fingerprint density at radius 3 is 2.50 bits per heavy atom. The number of halogens is 1. The molecule has 1 atom stereocenters. The van der Waals surface area contributed by atoms with E-state index in [1.54, 1.807) is 49.6 Å². The highest BCUT2D eigenvalue weighted by atomic mass is 79.9. The number of hydrogen-bond acceptors (Lipinski definition) is 3. The van der Waals surface area contributed by atoms with Gasteiger partial charge in [-0.05, 0) is 36.8 Å². The molecule has 6 nitrogen and oxygen atoms in total. The minimum atomic E-state index is -1.10. The van der Waals surface area contributed by atoms with Crippen molar-refractivity contribution in [2.24, 2.45) is 0 Å². The average molecular weight is 364 g/mol. The Hall–Kier alpha value is -2.41. The van der Waals surface area contributed by atoms with Crippen LogP contribution in [0.25, 0.3) is 0 Å². The van der Waals surface area contributed by atoms with E-state index in [1.165, 1.54) is 0 Å². The van der Waals surface area contributed by atoms with Gasteiger partial charge >= 0.3 is 6.09 Å². The molecule has 0 saturated carbocycles. The topological polar surface area (TPSA) is 91.3 Å². The number of pyridine rings is 1. The van der Waals surface area contributed by atoms with Gasteiger partial charge in [0.25, 0.3) is 5.91 Å². The third kappa shape index (κ3) is 4.05. The molecule has 0 aliphatic carbocycles. The second-order valence-electron chi connectivity index (χ2n) is 4.60. The van der Waals surface area contributed by atoms with Gasteiger partial charge in [-0.1, -0.05) is 22.0 Å². The molecule has 1 aromatic carbocycles. The van der Waals surface area contributed by atoms with E-state index < -0.39 is 6.09 Å². The van der Waals surface area contributed by atoms with E-state index in [4.69, 9.17) is 5.11 Å². The van der Waals surface area contributed by atoms with Crippen LogP contribution < -0.4 is 10.6 Å². The SMILES string of the molecule is CC(NC(=O)O)c1ccc(C(=O)Nc2ccncc2)cc1Br. The summed E-state index contributed by atoms with van der Waals surface area (Å²) in [6.45, 7) is 1.73. The fourth-order valence-electron chi connectivity index (χ4n) is 1.92. The average Bonchev–Trinajstić information content (AvgIpc) is 2.47. The number of carboxylic acid groups (broad SMARTS) is 1. The molecular formula is C15H14BrN3O3. The number of anilines is 1. The molecule has 2 rings (SSSR count). The fraction of sp³-hybridized carbons (Fsp3) is 0.133. The highest BCUT2D eigenvalue weighted by molar-refractivity contribution is 9.10. The van der Waals surface area contributed by atoms with Crippen LogP contribution in [0, 0.1) is 0 Å². The Morgan fingerprint density at radius 1 is 1.23 bits per heavy atom. The second-order valence-corrected chi connectivity index (χ2v) is 5.45. The van der Waals surface area contributed by atoms with Crippen LogP contribution in [0.4, 0.5) is 10.5 Å². The molecular weight excluding hydrogens is 350 g/mol. The Bertz CT molecular complexity index is 692. The molecule has 7 heteroatoms. The van der Waals surface area contributed by atoms with Crippen LogP contribution in [-0.4, -0.2) is 22.1 Å². The molecule has 2 amide bonds. The van der Waals surface area contributed by atoms with Gasteiger partial charge in [0.15, 0.2) is 0 Å². The van der Waals surface area contributed by atoms with Crippen LogP contribution in [0.5, 0.6) is 0 Å². The normalized spacial score (nSPS) is 11.5. The predicted octanol–water partition coefficient (Wildman–Crippen LogP) is 3.43. The first-order chi connectivity index (χ1) is 10.5.